The molecule has 4 rings (SSSR count). The Hall–Kier alpha value is -4.91. The molecule has 0 atom stereocenters. The molecule has 0 radical (unpaired) electrons. The van der Waals surface area contributed by atoms with Crippen LogP contribution in [0.2, 0.25) is 0 Å². The van der Waals surface area contributed by atoms with Crippen LogP contribution in [0.3, 0.4) is 0 Å². The minimum Gasteiger partial charge on any atom is -0.486 e. The van der Waals surface area contributed by atoms with Crippen LogP contribution in [0.5, 0.6) is 5.75 Å². The summed E-state index contributed by atoms with van der Waals surface area (Å²) < 4.78 is 45.4. The van der Waals surface area contributed by atoms with Crippen LogP contribution in [0.4, 0.5) is 19.1 Å². The molecule has 174 valence electrons. The number of hydrogen-bond acceptors (Lipinski definition) is 6. The molecule has 0 aliphatic rings. The van der Waals surface area contributed by atoms with Crippen molar-refractivity contribution in [1.29, 1.82) is 5.26 Å². The van der Waals surface area contributed by atoms with Crippen molar-refractivity contribution in [2.24, 2.45) is 5.10 Å². The van der Waals surface area contributed by atoms with Crippen molar-refractivity contribution in [3.63, 3.8) is 0 Å². The van der Waals surface area contributed by atoms with Crippen LogP contribution in [0.25, 0.3) is 11.3 Å². The number of hydrogen-bond donors (Lipinski definition) is 2. The fraction of sp³-hybridized carbons (Fsp3) is 0.0400. The van der Waals surface area contributed by atoms with E-state index in [0.717, 1.165) is 12.1 Å². The van der Waals surface area contributed by atoms with Crippen molar-refractivity contribution < 1.29 is 17.9 Å². The van der Waals surface area contributed by atoms with Gasteiger partial charge in [0.25, 0.3) is 5.56 Å². The van der Waals surface area contributed by atoms with Gasteiger partial charge in [0.2, 0.25) is 11.8 Å². The minimum absolute atomic E-state index is 0.0393. The second kappa shape index (κ2) is 10.4. The van der Waals surface area contributed by atoms with E-state index in [4.69, 9.17) is 4.74 Å². The van der Waals surface area contributed by atoms with Gasteiger partial charge in [0.15, 0.2) is 17.4 Å². The van der Waals surface area contributed by atoms with Crippen LogP contribution in [-0.4, -0.2) is 16.2 Å². The average Bonchev–Trinajstić information content (AvgIpc) is 2.87. The van der Waals surface area contributed by atoms with Crippen molar-refractivity contribution in [2.45, 2.75) is 6.61 Å². The first-order chi connectivity index (χ1) is 17.0. The number of aromatic nitrogens is 2. The molecule has 1 heterocycles. The third-order valence-electron chi connectivity index (χ3n) is 4.81. The summed E-state index contributed by atoms with van der Waals surface area (Å²) in [6.07, 6.45) is 1.45. The standard InChI is InChI=1S/C25H16F3N5O2/c26-19-9-10-20(22(28)21(19)27)35-14-16-6-4-5-15(11-16)13-30-33-25-31-23(17-7-2-1-3-8-17)18(12-29)24(34)32-25/h1-11,13H,14H2,(H2,31,32,33,34). The van der Waals surface area contributed by atoms with Gasteiger partial charge in [-0.2, -0.15) is 14.8 Å². The number of aromatic amines is 1. The molecular weight excluding hydrogens is 459 g/mol. The Balaban J connectivity index is 1.47. The van der Waals surface area contributed by atoms with Gasteiger partial charge < -0.3 is 4.74 Å². The number of hydrazone groups is 1. The summed E-state index contributed by atoms with van der Waals surface area (Å²) >= 11 is 0. The van der Waals surface area contributed by atoms with Crippen molar-refractivity contribution in [3.8, 4) is 23.1 Å². The molecule has 1 aromatic heterocycles. The number of halogens is 3. The van der Waals surface area contributed by atoms with E-state index >= 15 is 0 Å². The summed E-state index contributed by atoms with van der Waals surface area (Å²) in [5.74, 6) is -4.66. The monoisotopic (exact) mass is 475 g/mol. The molecule has 7 nitrogen and oxygen atoms in total. The highest BCUT2D eigenvalue weighted by atomic mass is 19.2. The lowest BCUT2D eigenvalue weighted by Crippen LogP contribution is -2.16. The Bertz CT molecular complexity index is 1500. The van der Waals surface area contributed by atoms with Gasteiger partial charge in [0.05, 0.1) is 11.9 Å². The first kappa shape index (κ1) is 23.3. The zero-order valence-corrected chi connectivity index (χ0v) is 17.9. The summed E-state index contributed by atoms with van der Waals surface area (Å²) in [4.78, 5) is 19.1. The SMILES string of the molecule is N#Cc1c(-c2ccccc2)nc(NN=Cc2cccc(COc3ccc(F)c(F)c3F)c2)[nH]c1=O. The Morgan fingerprint density at radius 3 is 2.63 bits per heavy atom. The van der Waals surface area contributed by atoms with Gasteiger partial charge in [-0.1, -0.05) is 48.5 Å². The van der Waals surface area contributed by atoms with Gasteiger partial charge in [-0.3, -0.25) is 9.78 Å². The lowest BCUT2D eigenvalue weighted by molar-refractivity contribution is 0.281. The molecule has 0 bridgehead atoms. The van der Waals surface area contributed by atoms with E-state index in [1.54, 1.807) is 54.6 Å². The van der Waals surface area contributed by atoms with Gasteiger partial charge in [0.1, 0.15) is 18.2 Å². The summed E-state index contributed by atoms with van der Waals surface area (Å²) in [7, 11) is 0. The van der Waals surface area contributed by atoms with E-state index in [0.29, 0.717) is 16.7 Å². The molecule has 0 unspecified atom stereocenters. The number of nitrogens with one attached hydrogen (secondary N) is 2. The number of rotatable bonds is 7. The second-order valence-corrected chi connectivity index (χ2v) is 7.19. The van der Waals surface area contributed by atoms with Crippen molar-refractivity contribution >= 4 is 12.2 Å². The largest absolute Gasteiger partial charge is 0.486 e. The lowest BCUT2D eigenvalue weighted by atomic mass is 10.1. The van der Waals surface area contributed by atoms with Crippen molar-refractivity contribution in [3.05, 3.63) is 111 Å². The summed E-state index contributed by atoms with van der Waals surface area (Å²) in [5.41, 5.74) is 3.98. The fourth-order valence-corrected chi connectivity index (χ4v) is 3.15. The van der Waals surface area contributed by atoms with E-state index in [1.807, 2.05) is 6.07 Å². The molecule has 0 aliphatic carbocycles. The quantitative estimate of drug-likeness (QED) is 0.228. The molecule has 35 heavy (non-hydrogen) atoms. The molecule has 0 spiro atoms. The molecule has 10 heteroatoms. The zero-order chi connectivity index (χ0) is 24.8. The first-order valence-electron chi connectivity index (χ1n) is 10.2. The van der Waals surface area contributed by atoms with Crippen LogP contribution in [0, 0.1) is 28.8 Å². The summed E-state index contributed by atoms with van der Waals surface area (Å²) in [6.45, 7) is -0.0952. The van der Waals surface area contributed by atoms with Gasteiger partial charge in [0, 0.05) is 5.56 Å². The normalized spacial score (nSPS) is 10.8. The Morgan fingerprint density at radius 2 is 1.86 bits per heavy atom. The highest BCUT2D eigenvalue weighted by molar-refractivity contribution is 5.80. The second-order valence-electron chi connectivity index (χ2n) is 7.19. The predicted molar refractivity (Wildman–Crippen MR) is 123 cm³/mol. The van der Waals surface area contributed by atoms with E-state index < -0.39 is 28.8 Å². The number of benzene rings is 3. The maximum atomic E-state index is 13.8. The summed E-state index contributed by atoms with van der Waals surface area (Å²) in [6, 6.07) is 19.3. The Kier molecular flexibility index (Phi) is 6.88. The van der Waals surface area contributed by atoms with Gasteiger partial charge in [-0.15, -0.1) is 0 Å². The van der Waals surface area contributed by atoms with Gasteiger partial charge >= 0.3 is 0 Å². The van der Waals surface area contributed by atoms with Crippen LogP contribution < -0.4 is 15.7 Å². The van der Waals surface area contributed by atoms with Gasteiger partial charge in [-0.05, 0) is 29.3 Å². The fourth-order valence-electron chi connectivity index (χ4n) is 3.15. The highest BCUT2D eigenvalue weighted by Crippen LogP contribution is 2.23. The minimum atomic E-state index is -1.60. The predicted octanol–water partition coefficient (Wildman–Crippen LogP) is 4.75. The molecular formula is C25H16F3N5O2. The average molecular weight is 475 g/mol. The Labute approximate surface area is 197 Å². The molecule has 0 saturated carbocycles. The maximum Gasteiger partial charge on any atom is 0.270 e. The summed E-state index contributed by atoms with van der Waals surface area (Å²) in [5, 5.41) is 13.4. The van der Waals surface area contributed by atoms with E-state index in [-0.39, 0.29) is 23.8 Å². The van der Waals surface area contributed by atoms with Crippen molar-refractivity contribution in [2.75, 3.05) is 5.43 Å². The number of anilines is 1. The molecule has 3 aromatic carbocycles. The molecule has 0 fully saturated rings. The first-order valence-corrected chi connectivity index (χ1v) is 10.2. The lowest BCUT2D eigenvalue weighted by Gasteiger charge is -2.08. The zero-order valence-electron chi connectivity index (χ0n) is 17.9. The number of nitriles is 1. The highest BCUT2D eigenvalue weighted by Gasteiger charge is 2.15. The maximum absolute atomic E-state index is 13.8. The van der Waals surface area contributed by atoms with Crippen LogP contribution >= 0.6 is 0 Å². The van der Waals surface area contributed by atoms with Crippen LogP contribution in [0.15, 0.2) is 76.6 Å². The van der Waals surface area contributed by atoms with Gasteiger partial charge in [-0.25, -0.2) is 19.2 Å². The topological polar surface area (TPSA) is 103 Å². The molecule has 0 aliphatic heterocycles. The third kappa shape index (κ3) is 5.36. The number of nitrogens with zero attached hydrogens (tertiary/aromatic N) is 3. The number of ether oxygens (including phenoxy) is 1. The van der Waals surface area contributed by atoms with E-state index in [9.17, 15) is 23.2 Å². The smallest absolute Gasteiger partial charge is 0.270 e. The third-order valence-corrected chi connectivity index (χ3v) is 4.81. The molecule has 0 amide bonds. The van der Waals surface area contributed by atoms with E-state index in [1.165, 1.54) is 6.21 Å². The Morgan fingerprint density at radius 1 is 1.06 bits per heavy atom. The molecule has 4 aromatic rings. The van der Waals surface area contributed by atoms with E-state index in [2.05, 4.69) is 20.5 Å². The molecule has 0 saturated heterocycles. The number of H-pyrrole nitrogens is 1. The van der Waals surface area contributed by atoms with Crippen LogP contribution in [-0.2, 0) is 6.61 Å². The molecule has 2 N–H and O–H groups in total. The van der Waals surface area contributed by atoms with Crippen LogP contribution in [0.1, 0.15) is 16.7 Å². The van der Waals surface area contributed by atoms with Crippen molar-refractivity contribution in [1.82, 2.24) is 9.97 Å².